The summed E-state index contributed by atoms with van der Waals surface area (Å²) in [5.41, 5.74) is 1.58. The molecule has 0 atom stereocenters. The van der Waals surface area contributed by atoms with E-state index in [1.807, 2.05) is 6.07 Å². The molecule has 0 aliphatic carbocycles. The number of fused-ring (bicyclic) bond motifs is 1. The average molecular weight is 202 g/mol. The molecule has 0 amide bonds. The van der Waals surface area contributed by atoms with Gasteiger partial charge in [0, 0.05) is 11.7 Å². The molecule has 0 aromatic carbocycles. The van der Waals surface area contributed by atoms with E-state index in [4.69, 9.17) is 0 Å². The minimum Gasteiger partial charge on any atom is -0.541 e. The molecule has 0 radical (unpaired) electrons. The third kappa shape index (κ3) is 1.40. The second kappa shape index (κ2) is 3.24. The van der Waals surface area contributed by atoms with Crippen LogP contribution in [0, 0.1) is 6.92 Å². The van der Waals surface area contributed by atoms with Crippen LogP contribution in [0.5, 0.6) is 0 Å². The molecule has 2 aromatic heterocycles. The molecule has 2 aromatic rings. The number of rotatable bonds is 2. The van der Waals surface area contributed by atoms with Crippen molar-refractivity contribution in [3.63, 3.8) is 0 Å². The van der Waals surface area contributed by atoms with Crippen molar-refractivity contribution in [3.05, 3.63) is 41.7 Å². The van der Waals surface area contributed by atoms with E-state index in [2.05, 4.69) is 0 Å². The Kier molecular flexibility index (Phi) is 2.04. The van der Waals surface area contributed by atoms with Crippen molar-refractivity contribution in [1.29, 1.82) is 0 Å². The van der Waals surface area contributed by atoms with Crippen molar-refractivity contribution in [2.24, 2.45) is 0 Å². The molecule has 0 saturated heterocycles. The number of carbonyl (C=O) groups excluding carboxylic acids is 2. The van der Waals surface area contributed by atoms with Crippen molar-refractivity contribution in [2.75, 3.05) is 0 Å². The molecule has 0 spiro atoms. The third-order valence-electron chi connectivity index (χ3n) is 2.27. The van der Waals surface area contributed by atoms with Crippen LogP contribution < -0.4 is 5.11 Å². The molecule has 15 heavy (non-hydrogen) atoms. The van der Waals surface area contributed by atoms with Crippen LogP contribution in [0.25, 0.3) is 5.52 Å². The van der Waals surface area contributed by atoms with Gasteiger partial charge in [-0.3, -0.25) is 4.79 Å². The summed E-state index contributed by atoms with van der Waals surface area (Å²) in [5, 5.41) is 10.5. The third-order valence-corrected chi connectivity index (χ3v) is 2.27. The SMILES string of the molecule is Cc1cc2ccccn2c1C(=O)C(=O)[O-]. The maximum Gasteiger partial charge on any atom is 0.225 e. The van der Waals surface area contributed by atoms with Gasteiger partial charge >= 0.3 is 0 Å². The highest BCUT2D eigenvalue weighted by atomic mass is 16.4. The fraction of sp³-hybridized carbons (Fsp3) is 0.0909. The number of hydrogen-bond acceptors (Lipinski definition) is 3. The van der Waals surface area contributed by atoms with Crippen LogP contribution >= 0.6 is 0 Å². The first kappa shape index (κ1) is 9.45. The summed E-state index contributed by atoms with van der Waals surface area (Å²) in [7, 11) is 0. The summed E-state index contributed by atoms with van der Waals surface area (Å²) in [5.74, 6) is -2.67. The lowest BCUT2D eigenvalue weighted by molar-refractivity contribution is -0.296. The Hall–Kier alpha value is -2.10. The van der Waals surface area contributed by atoms with Gasteiger partial charge in [-0.25, -0.2) is 0 Å². The summed E-state index contributed by atoms with van der Waals surface area (Å²) in [6, 6.07) is 7.12. The van der Waals surface area contributed by atoms with Crippen LogP contribution in [0.4, 0.5) is 0 Å². The number of aryl methyl sites for hydroxylation is 1. The van der Waals surface area contributed by atoms with Crippen molar-refractivity contribution in [3.8, 4) is 0 Å². The monoisotopic (exact) mass is 202 g/mol. The van der Waals surface area contributed by atoms with Gasteiger partial charge in [-0.15, -0.1) is 0 Å². The second-order valence-electron chi connectivity index (χ2n) is 3.29. The van der Waals surface area contributed by atoms with Gasteiger partial charge in [-0.05, 0) is 30.7 Å². The lowest BCUT2D eigenvalue weighted by Crippen LogP contribution is -2.32. The second-order valence-corrected chi connectivity index (χ2v) is 3.29. The summed E-state index contributed by atoms with van der Waals surface area (Å²) in [4.78, 5) is 21.9. The number of carbonyl (C=O) groups is 2. The molecular formula is C11H8NO3-. The molecule has 0 saturated carbocycles. The van der Waals surface area contributed by atoms with Crippen LogP contribution in [0.15, 0.2) is 30.5 Å². The Labute approximate surface area is 85.8 Å². The van der Waals surface area contributed by atoms with E-state index >= 15 is 0 Å². The Bertz CT molecular complexity index is 554. The zero-order valence-electron chi connectivity index (χ0n) is 8.06. The van der Waals surface area contributed by atoms with E-state index in [0.29, 0.717) is 5.56 Å². The molecule has 0 N–H and O–H groups in total. The molecule has 0 aliphatic rings. The first-order chi connectivity index (χ1) is 7.11. The van der Waals surface area contributed by atoms with Crippen molar-refractivity contribution >= 4 is 17.3 Å². The van der Waals surface area contributed by atoms with E-state index in [-0.39, 0.29) is 5.69 Å². The molecule has 2 rings (SSSR count). The summed E-state index contributed by atoms with van der Waals surface area (Å²) >= 11 is 0. The number of carboxylic acid groups (broad SMARTS) is 1. The zero-order valence-corrected chi connectivity index (χ0v) is 8.06. The van der Waals surface area contributed by atoms with E-state index in [9.17, 15) is 14.7 Å². The molecule has 76 valence electrons. The van der Waals surface area contributed by atoms with E-state index in [1.54, 1.807) is 35.7 Å². The van der Waals surface area contributed by atoms with Crippen molar-refractivity contribution in [1.82, 2.24) is 4.40 Å². The Morgan fingerprint density at radius 2 is 2.07 bits per heavy atom. The van der Waals surface area contributed by atoms with Crippen LogP contribution in [-0.2, 0) is 4.79 Å². The number of aromatic nitrogens is 1. The van der Waals surface area contributed by atoms with Crippen molar-refractivity contribution in [2.45, 2.75) is 6.92 Å². The molecule has 0 fully saturated rings. The van der Waals surface area contributed by atoms with Crippen LogP contribution in [0.2, 0.25) is 0 Å². The Balaban J connectivity index is 2.74. The van der Waals surface area contributed by atoms with Gasteiger partial charge in [0.05, 0.1) is 5.69 Å². The van der Waals surface area contributed by atoms with Gasteiger partial charge in [0.15, 0.2) is 0 Å². The Morgan fingerprint density at radius 3 is 2.73 bits per heavy atom. The highest BCUT2D eigenvalue weighted by Gasteiger charge is 2.15. The van der Waals surface area contributed by atoms with Crippen molar-refractivity contribution < 1.29 is 14.7 Å². The molecule has 0 aliphatic heterocycles. The van der Waals surface area contributed by atoms with Gasteiger partial charge in [0.25, 0.3) is 0 Å². The first-order valence-corrected chi connectivity index (χ1v) is 4.43. The summed E-state index contributed by atoms with van der Waals surface area (Å²) < 4.78 is 1.55. The molecule has 4 heteroatoms. The molecule has 2 heterocycles. The number of pyridine rings is 1. The van der Waals surface area contributed by atoms with E-state index in [1.165, 1.54) is 0 Å². The highest BCUT2D eigenvalue weighted by Crippen LogP contribution is 2.15. The largest absolute Gasteiger partial charge is 0.541 e. The number of Topliss-reactive ketones (excluding diaryl/α,β-unsaturated/α-hetero) is 1. The normalized spacial score (nSPS) is 10.5. The number of nitrogens with zero attached hydrogens (tertiary/aromatic N) is 1. The van der Waals surface area contributed by atoms with Crippen LogP contribution in [0.3, 0.4) is 0 Å². The number of hydrogen-bond donors (Lipinski definition) is 0. The number of aliphatic carboxylic acids is 1. The fourth-order valence-electron chi connectivity index (χ4n) is 1.64. The minimum atomic E-state index is -1.68. The van der Waals surface area contributed by atoms with E-state index in [0.717, 1.165) is 5.52 Å². The summed E-state index contributed by atoms with van der Waals surface area (Å²) in [6.07, 6.45) is 1.65. The fourth-order valence-corrected chi connectivity index (χ4v) is 1.64. The number of ketones is 1. The number of carboxylic acids is 1. The van der Waals surface area contributed by atoms with Gasteiger partial charge in [0.2, 0.25) is 5.78 Å². The van der Waals surface area contributed by atoms with Gasteiger partial charge in [-0.2, -0.15) is 0 Å². The average Bonchev–Trinajstić information content (AvgIpc) is 2.52. The molecule has 0 bridgehead atoms. The summed E-state index contributed by atoms with van der Waals surface area (Å²) in [6.45, 7) is 1.70. The maximum absolute atomic E-state index is 11.4. The van der Waals surface area contributed by atoms with E-state index < -0.39 is 11.8 Å². The predicted molar refractivity (Wildman–Crippen MR) is 51.5 cm³/mol. The molecular weight excluding hydrogens is 194 g/mol. The first-order valence-electron chi connectivity index (χ1n) is 4.43. The van der Waals surface area contributed by atoms with Gasteiger partial charge in [0.1, 0.15) is 5.97 Å². The van der Waals surface area contributed by atoms with Gasteiger partial charge < -0.3 is 14.3 Å². The predicted octanol–water partition coefficient (Wildman–Crippen LogP) is 0.180. The highest BCUT2D eigenvalue weighted by molar-refractivity contribution is 6.39. The molecule has 0 unspecified atom stereocenters. The van der Waals surface area contributed by atoms with Crippen LogP contribution in [-0.4, -0.2) is 16.2 Å². The minimum absolute atomic E-state index is 0.158. The van der Waals surface area contributed by atoms with Gasteiger partial charge in [-0.1, -0.05) is 6.07 Å². The lowest BCUT2D eigenvalue weighted by atomic mass is 10.2. The lowest BCUT2D eigenvalue weighted by Gasteiger charge is -2.03. The Morgan fingerprint density at radius 1 is 1.33 bits per heavy atom. The standard InChI is InChI=1S/C11H9NO3/c1-7-6-8-4-2-3-5-12(8)9(7)10(13)11(14)15/h2-6H,1H3,(H,14,15)/p-1. The zero-order chi connectivity index (χ0) is 11.0. The smallest absolute Gasteiger partial charge is 0.225 e. The van der Waals surface area contributed by atoms with Crippen LogP contribution in [0.1, 0.15) is 16.1 Å². The topological polar surface area (TPSA) is 61.6 Å². The maximum atomic E-state index is 11.4. The quantitative estimate of drug-likeness (QED) is 0.515. The molecule has 4 nitrogen and oxygen atoms in total.